The summed E-state index contributed by atoms with van der Waals surface area (Å²) in [6, 6.07) is 154. The fourth-order valence-electron chi connectivity index (χ4n) is 21.5. The predicted octanol–water partition coefficient (Wildman–Crippen LogP) is 31.6. The summed E-state index contributed by atoms with van der Waals surface area (Å²) in [6.07, 6.45) is 0. The molecule has 0 unspecified atom stereocenters. The van der Waals surface area contributed by atoms with Crippen LogP contribution in [0.5, 0.6) is 0 Å². The second-order valence-corrected chi connectivity index (χ2v) is 34.2. The Morgan fingerprint density at radius 3 is 1.16 bits per heavy atom. The van der Waals surface area contributed by atoms with Crippen molar-refractivity contribution in [2.75, 3.05) is 0 Å². The Hall–Kier alpha value is -17.4. The second kappa shape index (κ2) is 27.5. The number of rotatable bonds is 8. The maximum atomic E-state index is 6.27. The molecular formula is C120H70N8O. The van der Waals surface area contributed by atoms with Crippen molar-refractivity contribution in [3.05, 3.63) is 425 Å². The lowest BCUT2D eigenvalue weighted by Crippen LogP contribution is -1.99. The number of benzene rings is 21. The van der Waals surface area contributed by atoms with Crippen molar-refractivity contribution in [2.24, 2.45) is 0 Å². The van der Waals surface area contributed by atoms with E-state index in [9.17, 15) is 0 Å². The number of hydrogen-bond acceptors (Lipinski definition) is 5. The van der Waals surface area contributed by atoms with Crippen molar-refractivity contribution in [3.63, 3.8) is 0 Å². The lowest BCUT2D eigenvalue weighted by atomic mass is 9.96. The fraction of sp³-hybridized carbons (Fsp3) is 0. The number of aromatic nitrogens is 8. The van der Waals surface area contributed by atoms with Crippen molar-refractivity contribution in [2.45, 2.75) is 0 Å². The van der Waals surface area contributed by atoms with Gasteiger partial charge in [-0.1, -0.05) is 279 Å². The molecule has 7 aromatic heterocycles. The van der Waals surface area contributed by atoms with Gasteiger partial charge < -0.3 is 22.7 Å². The molecule has 596 valence electrons. The Balaban J connectivity index is 0.000000130. The molecule has 29 rings (SSSR count). The number of para-hydroxylation sites is 9. The minimum atomic E-state index is 0.666. The molecule has 7 heterocycles. The summed E-state index contributed by atoms with van der Waals surface area (Å²) >= 11 is 0. The van der Waals surface area contributed by atoms with Crippen LogP contribution in [0.15, 0.2) is 429 Å². The monoisotopic (exact) mass is 1640 g/mol. The molecule has 9 nitrogen and oxygen atoms in total. The van der Waals surface area contributed by atoms with Crippen LogP contribution in [0, 0.1) is 0 Å². The quantitative estimate of drug-likeness (QED) is 0.151. The summed E-state index contributed by atoms with van der Waals surface area (Å²) in [7, 11) is 0. The molecule has 0 N–H and O–H groups in total. The van der Waals surface area contributed by atoms with E-state index in [1.807, 2.05) is 24.3 Å². The predicted molar refractivity (Wildman–Crippen MR) is 537 cm³/mol. The van der Waals surface area contributed by atoms with Crippen LogP contribution in [-0.2, 0) is 0 Å². The van der Waals surface area contributed by atoms with Gasteiger partial charge in [0.15, 0.2) is 11.6 Å². The SMILES string of the molecule is c1ccc2c(-c3ccc4ccc(-n5c6ccccc6c6cc7cc(-n8c9ccccc9c9ccccc98)ccc7cc65)cc4c3)nc(-c3ccc4c(c3)oc3ccccc34)nc2c1.c1ccc2c(c1)-c1cccc3c(-c4nc(-c5ccc(-n6c7ccccc7c7cc8cc(-n9c%10ccccc%10c%10ccccc%109)ccc8cc76)c6ccccc56)c5ccccc5n4)ccc-2c13. The molecule has 0 spiro atoms. The summed E-state index contributed by atoms with van der Waals surface area (Å²) in [6.45, 7) is 0. The Morgan fingerprint density at radius 2 is 0.574 bits per heavy atom. The van der Waals surface area contributed by atoms with Gasteiger partial charge in [0.25, 0.3) is 0 Å². The number of fused-ring (bicyclic) bond motifs is 24. The third kappa shape index (κ3) is 10.7. The fourth-order valence-corrected chi connectivity index (χ4v) is 21.5. The number of furan rings is 1. The zero-order valence-corrected chi connectivity index (χ0v) is 69.4. The van der Waals surface area contributed by atoms with E-state index in [1.54, 1.807) is 0 Å². The molecule has 129 heavy (non-hydrogen) atoms. The Bertz CT molecular complexity index is 9620. The lowest BCUT2D eigenvalue weighted by Gasteiger charge is -2.17. The van der Waals surface area contributed by atoms with Crippen LogP contribution in [0.1, 0.15) is 0 Å². The van der Waals surface area contributed by atoms with Gasteiger partial charge in [-0.3, -0.25) is 0 Å². The maximum Gasteiger partial charge on any atom is 0.161 e. The zero-order chi connectivity index (χ0) is 84.2. The molecule has 0 radical (unpaired) electrons. The standard InChI is InChI=1S/C62H36N4.C58H34N4O/c1-2-15-41-40(14-1)47-22-13-23-48-51(31-30-49(41)60(47)48)62-63-54-24-9-5-21-52(54)61(64-62)50-32-33-58(43-17-4-3-16-42(43)50)66-57-27-12-8-20-46(57)53-35-38-34-39(29-28-37(38)36-59(53)66)65-55-25-10-6-18-44(55)45-19-7-11-26-56(45)65;1-6-16-50-48(15-1)57(60-58(59-50)38-25-28-47-46-14-5-10-20-55(46)63-56(47)34-38)37-22-21-35-23-26-42(30-39(35)29-37)62-53-19-9-4-13-45(53)49-32-40-31-41(27-24-36(40)33-54(49)62)61-51-17-7-2-11-43(51)44-12-3-8-18-52(44)61/h1-36H;1-34H. The molecular weight excluding hydrogens is 1570 g/mol. The Labute approximate surface area is 737 Å². The van der Waals surface area contributed by atoms with Gasteiger partial charge in [-0.25, -0.2) is 19.9 Å². The van der Waals surface area contributed by atoms with Gasteiger partial charge in [0.1, 0.15) is 11.2 Å². The highest BCUT2D eigenvalue weighted by atomic mass is 16.3. The van der Waals surface area contributed by atoms with Crippen molar-refractivity contribution in [3.8, 4) is 90.3 Å². The van der Waals surface area contributed by atoms with Gasteiger partial charge in [-0.2, -0.15) is 0 Å². The van der Waals surface area contributed by atoms with E-state index in [2.05, 4.69) is 419 Å². The smallest absolute Gasteiger partial charge is 0.161 e. The van der Waals surface area contributed by atoms with Gasteiger partial charge in [0, 0.05) is 109 Å². The first-order chi connectivity index (χ1) is 63.9. The van der Waals surface area contributed by atoms with Gasteiger partial charge in [0.2, 0.25) is 0 Å². The van der Waals surface area contributed by atoms with Crippen LogP contribution in [0.4, 0.5) is 0 Å². The average Bonchev–Trinajstić information content (AvgIpc) is 1.61. The summed E-state index contributed by atoms with van der Waals surface area (Å²) < 4.78 is 16.0. The largest absolute Gasteiger partial charge is 0.456 e. The molecule has 28 aromatic rings. The molecule has 21 aromatic carbocycles. The van der Waals surface area contributed by atoms with Gasteiger partial charge in [-0.15, -0.1) is 0 Å². The minimum absolute atomic E-state index is 0.666. The molecule has 0 aliphatic heterocycles. The Morgan fingerprint density at radius 1 is 0.178 bits per heavy atom. The van der Waals surface area contributed by atoms with Gasteiger partial charge >= 0.3 is 0 Å². The molecule has 1 aliphatic carbocycles. The van der Waals surface area contributed by atoms with E-state index >= 15 is 0 Å². The molecule has 9 heteroatoms. The summed E-state index contributed by atoms with van der Waals surface area (Å²) in [5.41, 5.74) is 28.6. The van der Waals surface area contributed by atoms with E-state index in [4.69, 9.17) is 24.4 Å². The van der Waals surface area contributed by atoms with E-state index in [-0.39, 0.29) is 0 Å². The topological polar surface area (TPSA) is 84.4 Å². The van der Waals surface area contributed by atoms with Crippen LogP contribution < -0.4 is 0 Å². The Kier molecular flexibility index (Phi) is 15.2. The molecule has 0 saturated carbocycles. The summed E-state index contributed by atoms with van der Waals surface area (Å²) in [5, 5.41) is 26.1. The molecule has 0 atom stereocenters. The van der Waals surface area contributed by atoms with Gasteiger partial charge in [-0.05, 0) is 216 Å². The van der Waals surface area contributed by atoms with Crippen molar-refractivity contribution < 1.29 is 4.42 Å². The third-order valence-corrected chi connectivity index (χ3v) is 27.3. The van der Waals surface area contributed by atoms with Crippen LogP contribution >= 0.6 is 0 Å². The normalized spacial score (nSPS) is 12.2. The van der Waals surface area contributed by atoms with Crippen LogP contribution in [0.3, 0.4) is 0 Å². The van der Waals surface area contributed by atoms with Crippen LogP contribution in [-0.4, -0.2) is 38.2 Å². The highest BCUT2D eigenvalue weighted by molar-refractivity contribution is 6.21. The second-order valence-electron chi connectivity index (χ2n) is 34.2. The van der Waals surface area contributed by atoms with Crippen LogP contribution in [0.2, 0.25) is 0 Å². The molecule has 0 fully saturated rings. The zero-order valence-electron chi connectivity index (χ0n) is 69.4. The maximum absolute atomic E-state index is 6.27. The lowest BCUT2D eigenvalue weighted by molar-refractivity contribution is 0.669. The minimum Gasteiger partial charge on any atom is -0.456 e. The number of hydrogen-bond donors (Lipinski definition) is 0. The van der Waals surface area contributed by atoms with E-state index in [0.29, 0.717) is 5.82 Å². The summed E-state index contributed by atoms with van der Waals surface area (Å²) in [5.74, 6) is 1.40. The van der Waals surface area contributed by atoms with E-state index < -0.39 is 0 Å². The molecule has 0 amide bonds. The number of nitrogens with zero attached hydrogens (tertiary/aromatic N) is 8. The van der Waals surface area contributed by atoms with Crippen molar-refractivity contribution >= 4 is 185 Å². The first kappa shape index (κ1) is 71.1. The third-order valence-electron chi connectivity index (χ3n) is 27.3. The van der Waals surface area contributed by atoms with E-state index in [0.717, 1.165) is 122 Å². The highest BCUT2D eigenvalue weighted by Gasteiger charge is 2.27. The average molecular weight is 1640 g/mol. The van der Waals surface area contributed by atoms with Gasteiger partial charge in [0.05, 0.1) is 72.2 Å². The van der Waals surface area contributed by atoms with Crippen molar-refractivity contribution in [1.29, 1.82) is 0 Å². The highest BCUT2D eigenvalue weighted by Crippen LogP contribution is 2.51. The first-order valence-electron chi connectivity index (χ1n) is 44.0. The van der Waals surface area contributed by atoms with Crippen molar-refractivity contribution in [1.82, 2.24) is 38.2 Å². The molecule has 0 bridgehead atoms. The molecule has 0 saturated heterocycles. The van der Waals surface area contributed by atoms with Crippen LogP contribution in [0.25, 0.3) is 275 Å². The first-order valence-corrected chi connectivity index (χ1v) is 44.0. The molecule has 1 aliphatic rings. The summed E-state index contributed by atoms with van der Waals surface area (Å²) in [4.78, 5) is 21.2. The van der Waals surface area contributed by atoms with E-state index in [1.165, 1.54) is 147 Å².